The molecule has 1 amide bonds. The topological polar surface area (TPSA) is 120 Å². The minimum atomic E-state index is -4.00. The number of aryl methyl sites for hydroxylation is 1. The quantitative estimate of drug-likeness (QED) is 0.311. The minimum Gasteiger partial charge on any atom is -0.384 e. The van der Waals surface area contributed by atoms with Crippen LogP contribution in [-0.2, 0) is 21.8 Å². The molecular weight excluding hydrogens is 510 g/mol. The molecule has 0 fully saturated rings. The first-order chi connectivity index (χ1) is 18.5. The van der Waals surface area contributed by atoms with Gasteiger partial charge in [-0.2, -0.15) is 0 Å². The normalized spacial score (nSPS) is 12.2. The Hall–Kier alpha value is -4.24. The molecule has 0 atom stereocenters. The predicted octanol–water partition coefficient (Wildman–Crippen LogP) is 5.04. The number of nitrogens with two attached hydrogens (primary N) is 1. The number of fused-ring (bicyclic) bond motifs is 2. The number of rotatable bonds is 6. The zero-order valence-electron chi connectivity index (χ0n) is 22.4. The number of carbonyl (C=O) groups is 1. The summed E-state index contributed by atoms with van der Waals surface area (Å²) in [6.07, 6.45) is 0. The molecule has 0 aliphatic rings. The number of nitrogen functional groups attached to an aromatic ring is 1. The lowest BCUT2D eigenvalue weighted by Gasteiger charge is -2.19. The van der Waals surface area contributed by atoms with Gasteiger partial charge in [-0.15, -0.1) is 0 Å². The number of hydrogen-bond acceptors (Lipinski definition) is 6. The molecule has 5 rings (SSSR count). The van der Waals surface area contributed by atoms with Crippen molar-refractivity contribution in [2.75, 3.05) is 12.3 Å². The standard InChI is InChI=1S/C30H31N5O3S/c1-19-9-15-22(16-10-19)39(37,38)26-25-28(34-24-8-6-5-7-23(24)33-25)35(27(26)31)18-17-32-29(36)20-11-13-21(14-12-20)30(2,3)4/h5-16H,17-18,31H2,1-4H3,(H,32,36). The van der Waals surface area contributed by atoms with E-state index in [0.29, 0.717) is 22.2 Å². The summed E-state index contributed by atoms with van der Waals surface area (Å²) in [5.74, 6) is -0.195. The van der Waals surface area contributed by atoms with Crippen LogP contribution in [0.4, 0.5) is 5.82 Å². The molecule has 39 heavy (non-hydrogen) atoms. The van der Waals surface area contributed by atoms with Crippen molar-refractivity contribution in [2.45, 2.75) is 49.4 Å². The van der Waals surface area contributed by atoms with Gasteiger partial charge >= 0.3 is 0 Å². The van der Waals surface area contributed by atoms with Gasteiger partial charge < -0.3 is 15.6 Å². The summed E-state index contributed by atoms with van der Waals surface area (Å²) >= 11 is 0. The third kappa shape index (κ3) is 4.97. The highest BCUT2D eigenvalue weighted by Gasteiger charge is 2.30. The molecular formula is C30H31N5O3S. The summed E-state index contributed by atoms with van der Waals surface area (Å²) in [4.78, 5) is 22.2. The highest BCUT2D eigenvalue weighted by Crippen LogP contribution is 2.35. The first-order valence-corrected chi connectivity index (χ1v) is 14.2. The van der Waals surface area contributed by atoms with Crippen molar-refractivity contribution >= 4 is 43.8 Å². The predicted molar refractivity (Wildman–Crippen MR) is 154 cm³/mol. The molecule has 0 radical (unpaired) electrons. The van der Waals surface area contributed by atoms with Gasteiger partial charge in [0.25, 0.3) is 5.91 Å². The Bertz CT molecular complexity index is 1800. The lowest BCUT2D eigenvalue weighted by Crippen LogP contribution is -2.27. The molecule has 3 aromatic carbocycles. The van der Waals surface area contributed by atoms with Gasteiger partial charge in [-0.3, -0.25) is 4.79 Å². The Labute approximate surface area is 227 Å². The number of carbonyl (C=O) groups excluding carboxylic acids is 1. The maximum absolute atomic E-state index is 13.8. The zero-order chi connectivity index (χ0) is 27.9. The Morgan fingerprint density at radius 1 is 0.923 bits per heavy atom. The average Bonchev–Trinajstić information content (AvgIpc) is 3.17. The van der Waals surface area contributed by atoms with Crippen LogP contribution in [0.1, 0.15) is 42.3 Å². The van der Waals surface area contributed by atoms with E-state index in [9.17, 15) is 13.2 Å². The van der Waals surface area contributed by atoms with Gasteiger partial charge in [-0.25, -0.2) is 18.4 Å². The SMILES string of the molecule is Cc1ccc(S(=O)(=O)c2c(N)n(CCNC(=O)c3ccc(C(C)(C)C)cc3)c3nc4ccccc4nc23)cc1. The van der Waals surface area contributed by atoms with Crippen LogP contribution in [0.3, 0.4) is 0 Å². The molecule has 5 aromatic rings. The number of aromatic nitrogens is 3. The minimum absolute atomic E-state index is 0.0101. The van der Waals surface area contributed by atoms with Crippen LogP contribution >= 0.6 is 0 Å². The maximum Gasteiger partial charge on any atom is 0.251 e. The number of anilines is 1. The Morgan fingerprint density at radius 3 is 2.15 bits per heavy atom. The smallest absolute Gasteiger partial charge is 0.251 e. The van der Waals surface area contributed by atoms with E-state index in [1.165, 1.54) is 0 Å². The third-order valence-corrected chi connectivity index (χ3v) is 8.61. The molecule has 0 saturated carbocycles. The highest BCUT2D eigenvalue weighted by atomic mass is 32.2. The number of nitrogens with one attached hydrogen (secondary N) is 1. The van der Waals surface area contributed by atoms with Crippen LogP contribution in [0.5, 0.6) is 0 Å². The van der Waals surface area contributed by atoms with E-state index in [0.717, 1.165) is 11.1 Å². The largest absolute Gasteiger partial charge is 0.384 e. The summed E-state index contributed by atoms with van der Waals surface area (Å²) in [6.45, 7) is 8.67. The second kappa shape index (κ2) is 9.81. The van der Waals surface area contributed by atoms with Crippen molar-refractivity contribution in [3.8, 4) is 0 Å². The van der Waals surface area contributed by atoms with Crippen molar-refractivity contribution in [3.63, 3.8) is 0 Å². The van der Waals surface area contributed by atoms with Crippen molar-refractivity contribution in [1.29, 1.82) is 0 Å². The molecule has 9 heteroatoms. The average molecular weight is 542 g/mol. The van der Waals surface area contributed by atoms with Crippen LogP contribution in [-0.4, -0.2) is 35.4 Å². The summed E-state index contributed by atoms with van der Waals surface area (Å²) in [7, 11) is -4.00. The molecule has 2 heterocycles. The fourth-order valence-corrected chi connectivity index (χ4v) is 6.03. The Morgan fingerprint density at radius 2 is 1.54 bits per heavy atom. The second-order valence-corrected chi connectivity index (χ2v) is 12.5. The highest BCUT2D eigenvalue weighted by molar-refractivity contribution is 7.92. The molecule has 0 aliphatic carbocycles. The lowest BCUT2D eigenvalue weighted by atomic mass is 9.87. The Kier molecular flexibility index (Phi) is 6.64. The van der Waals surface area contributed by atoms with E-state index < -0.39 is 9.84 Å². The van der Waals surface area contributed by atoms with Gasteiger partial charge in [-0.1, -0.05) is 62.7 Å². The zero-order valence-corrected chi connectivity index (χ0v) is 23.2. The number of sulfone groups is 1. The van der Waals surface area contributed by atoms with Gasteiger partial charge in [0.15, 0.2) is 5.65 Å². The van der Waals surface area contributed by atoms with Gasteiger partial charge in [0.05, 0.1) is 15.9 Å². The van der Waals surface area contributed by atoms with Crippen LogP contribution in [0.25, 0.3) is 22.2 Å². The Balaban J connectivity index is 1.50. The summed E-state index contributed by atoms with van der Waals surface area (Å²) in [5.41, 5.74) is 10.9. The van der Waals surface area contributed by atoms with Crippen LogP contribution < -0.4 is 11.1 Å². The van der Waals surface area contributed by atoms with Crippen LogP contribution in [0, 0.1) is 6.92 Å². The van der Waals surface area contributed by atoms with Crippen molar-refractivity contribution in [1.82, 2.24) is 19.9 Å². The molecule has 2 aromatic heterocycles. The molecule has 0 saturated heterocycles. The van der Waals surface area contributed by atoms with E-state index in [-0.39, 0.29) is 45.5 Å². The van der Waals surface area contributed by atoms with E-state index in [4.69, 9.17) is 10.7 Å². The first kappa shape index (κ1) is 26.4. The third-order valence-electron chi connectivity index (χ3n) is 6.78. The fourth-order valence-electron chi connectivity index (χ4n) is 4.52. The molecule has 8 nitrogen and oxygen atoms in total. The van der Waals surface area contributed by atoms with E-state index >= 15 is 0 Å². The molecule has 3 N–H and O–H groups in total. The molecule has 0 aliphatic heterocycles. The summed E-state index contributed by atoms with van der Waals surface area (Å²) < 4.78 is 29.1. The molecule has 200 valence electrons. The van der Waals surface area contributed by atoms with Crippen molar-refractivity contribution in [2.24, 2.45) is 0 Å². The monoisotopic (exact) mass is 541 g/mol. The fraction of sp³-hybridized carbons (Fsp3) is 0.233. The molecule has 0 spiro atoms. The second-order valence-electron chi connectivity index (χ2n) is 10.7. The van der Waals surface area contributed by atoms with Gasteiger partial charge in [0, 0.05) is 18.7 Å². The van der Waals surface area contributed by atoms with E-state index in [1.54, 1.807) is 47.0 Å². The van der Waals surface area contributed by atoms with E-state index in [1.807, 2.05) is 37.3 Å². The number of para-hydroxylation sites is 2. The first-order valence-electron chi connectivity index (χ1n) is 12.7. The van der Waals surface area contributed by atoms with Gasteiger partial charge in [0.1, 0.15) is 16.2 Å². The number of benzene rings is 3. The van der Waals surface area contributed by atoms with Crippen LogP contribution in [0.15, 0.2) is 82.6 Å². The maximum atomic E-state index is 13.8. The lowest BCUT2D eigenvalue weighted by molar-refractivity contribution is 0.0952. The summed E-state index contributed by atoms with van der Waals surface area (Å²) in [6, 6.07) is 21.4. The molecule has 0 unspecified atom stereocenters. The van der Waals surface area contributed by atoms with Crippen molar-refractivity contribution < 1.29 is 13.2 Å². The number of hydrogen-bond donors (Lipinski definition) is 2. The van der Waals surface area contributed by atoms with Gasteiger partial charge in [-0.05, 0) is 54.3 Å². The van der Waals surface area contributed by atoms with Crippen molar-refractivity contribution in [3.05, 3.63) is 89.5 Å². The summed E-state index contributed by atoms with van der Waals surface area (Å²) in [5, 5.41) is 2.91. The molecule has 0 bridgehead atoms. The van der Waals surface area contributed by atoms with E-state index in [2.05, 4.69) is 31.1 Å². The van der Waals surface area contributed by atoms with Gasteiger partial charge in [0.2, 0.25) is 9.84 Å². The number of nitrogens with zero attached hydrogens (tertiary/aromatic N) is 3. The number of amides is 1. The van der Waals surface area contributed by atoms with Crippen LogP contribution in [0.2, 0.25) is 0 Å².